The highest BCUT2D eigenvalue weighted by molar-refractivity contribution is 6.31. The van der Waals surface area contributed by atoms with Crippen molar-refractivity contribution in [3.05, 3.63) is 47.0 Å². The van der Waals surface area contributed by atoms with Crippen molar-refractivity contribution in [1.82, 2.24) is 9.80 Å². The first-order valence-electron chi connectivity index (χ1n) is 10.1. The topological polar surface area (TPSA) is 77.9 Å². The molecule has 0 unspecified atom stereocenters. The molecular formula is C22H25ClN2O4. The van der Waals surface area contributed by atoms with Gasteiger partial charge in [-0.2, -0.15) is 0 Å². The maximum atomic E-state index is 13.5. The molecular weight excluding hydrogens is 392 g/mol. The van der Waals surface area contributed by atoms with Crippen LogP contribution >= 0.6 is 11.6 Å². The van der Waals surface area contributed by atoms with Crippen molar-refractivity contribution < 1.29 is 19.5 Å². The summed E-state index contributed by atoms with van der Waals surface area (Å²) in [4.78, 5) is 41.7. The van der Waals surface area contributed by atoms with E-state index >= 15 is 0 Å². The van der Waals surface area contributed by atoms with Gasteiger partial charge >= 0.3 is 5.97 Å². The van der Waals surface area contributed by atoms with Gasteiger partial charge in [0.05, 0.1) is 6.04 Å². The predicted octanol–water partition coefficient (Wildman–Crippen LogP) is 2.89. The van der Waals surface area contributed by atoms with Gasteiger partial charge in [-0.05, 0) is 43.7 Å². The maximum absolute atomic E-state index is 13.5. The molecule has 3 aliphatic rings. The predicted molar refractivity (Wildman–Crippen MR) is 108 cm³/mol. The van der Waals surface area contributed by atoms with E-state index in [1.165, 1.54) is 4.90 Å². The van der Waals surface area contributed by atoms with Gasteiger partial charge < -0.3 is 14.9 Å². The number of carboxylic acids is 1. The van der Waals surface area contributed by atoms with Gasteiger partial charge in [0.2, 0.25) is 5.91 Å². The number of carbonyl (C=O) groups excluding carboxylic acids is 2. The summed E-state index contributed by atoms with van der Waals surface area (Å²) < 4.78 is 0. The van der Waals surface area contributed by atoms with Gasteiger partial charge in [-0.1, -0.05) is 48.9 Å². The Balaban J connectivity index is 1.59. The summed E-state index contributed by atoms with van der Waals surface area (Å²) in [6, 6.07) is 6.45. The highest BCUT2D eigenvalue weighted by Gasteiger charge is 2.56. The number of amides is 2. The minimum absolute atomic E-state index is 0.0926. The Morgan fingerprint density at radius 3 is 2.79 bits per heavy atom. The second-order valence-electron chi connectivity index (χ2n) is 8.28. The van der Waals surface area contributed by atoms with Crippen LogP contribution in [0.15, 0.2) is 36.4 Å². The second kappa shape index (κ2) is 7.48. The first-order chi connectivity index (χ1) is 13.8. The zero-order valence-corrected chi connectivity index (χ0v) is 17.1. The maximum Gasteiger partial charge on any atom is 0.326 e. The van der Waals surface area contributed by atoms with E-state index in [9.17, 15) is 19.5 Å². The van der Waals surface area contributed by atoms with E-state index in [0.29, 0.717) is 37.3 Å². The number of halogens is 1. The highest BCUT2D eigenvalue weighted by atomic mass is 35.5. The van der Waals surface area contributed by atoms with Crippen molar-refractivity contribution in [2.24, 2.45) is 5.92 Å². The standard InChI is InChI=1S/C22H25ClN2O4/c1-14(13-15-5-2-3-6-17(15)23)19(26)24-12-4-10-22(24)11-9-16-7-8-18(20(27)28)25(16)21(22)29/h2-3,5-6,9,11,14,16,18H,4,7-8,10,12-13H2,1H3,(H,27,28)/t14-,16-,18-,22+/m0/s1. The number of fused-ring (bicyclic) bond motifs is 1. The lowest BCUT2D eigenvalue weighted by Crippen LogP contribution is -2.63. The number of hydrogen-bond acceptors (Lipinski definition) is 3. The van der Waals surface area contributed by atoms with Crippen LogP contribution in [0.3, 0.4) is 0 Å². The van der Waals surface area contributed by atoms with Crippen LogP contribution in [-0.2, 0) is 20.8 Å². The summed E-state index contributed by atoms with van der Waals surface area (Å²) in [5, 5.41) is 10.2. The van der Waals surface area contributed by atoms with Gasteiger partial charge in [0.1, 0.15) is 11.6 Å². The molecule has 3 heterocycles. The van der Waals surface area contributed by atoms with Crippen LogP contribution in [0, 0.1) is 5.92 Å². The molecule has 7 heteroatoms. The quantitative estimate of drug-likeness (QED) is 0.765. The zero-order valence-electron chi connectivity index (χ0n) is 16.4. The molecule has 0 aromatic heterocycles. The minimum Gasteiger partial charge on any atom is -0.480 e. The molecule has 4 atom stereocenters. The van der Waals surface area contributed by atoms with Crippen molar-refractivity contribution in [3.63, 3.8) is 0 Å². The van der Waals surface area contributed by atoms with Crippen molar-refractivity contribution in [2.75, 3.05) is 6.54 Å². The lowest BCUT2D eigenvalue weighted by atomic mass is 9.87. The first-order valence-corrected chi connectivity index (χ1v) is 10.5. The van der Waals surface area contributed by atoms with E-state index < -0.39 is 17.6 Å². The van der Waals surface area contributed by atoms with Gasteiger partial charge in [-0.15, -0.1) is 0 Å². The van der Waals surface area contributed by atoms with Crippen LogP contribution in [0.1, 0.15) is 38.2 Å². The molecule has 0 saturated carbocycles. The van der Waals surface area contributed by atoms with Crippen LogP contribution < -0.4 is 0 Å². The number of benzene rings is 1. The molecule has 1 N–H and O–H groups in total. The zero-order chi connectivity index (χ0) is 20.8. The van der Waals surface area contributed by atoms with E-state index in [2.05, 4.69) is 0 Å². The SMILES string of the molecule is C[C@@H](Cc1ccccc1Cl)C(=O)N1CCC[C@]12C=C[C@@H]1CC[C@@H](C(=O)O)N1C2=O. The number of hydrogen-bond donors (Lipinski definition) is 1. The Morgan fingerprint density at radius 1 is 1.31 bits per heavy atom. The van der Waals surface area contributed by atoms with Gasteiger partial charge in [-0.3, -0.25) is 9.59 Å². The van der Waals surface area contributed by atoms with Gasteiger partial charge in [-0.25, -0.2) is 4.79 Å². The summed E-state index contributed by atoms with van der Waals surface area (Å²) in [5.41, 5.74) is -0.153. The smallest absolute Gasteiger partial charge is 0.326 e. The molecule has 1 aromatic rings. The minimum atomic E-state index is -1.06. The monoisotopic (exact) mass is 416 g/mol. The number of aliphatic carboxylic acids is 1. The molecule has 3 aliphatic heterocycles. The molecule has 4 rings (SSSR count). The Hall–Kier alpha value is -2.34. The van der Waals surface area contributed by atoms with Crippen LogP contribution in [0.25, 0.3) is 0 Å². The number of likely N-dealkylation sites (tertiary alicyclic amines) is 1. The summed E-state index contributed by atoms with van der Waals surface area (Å²) in [5.74, 6) is -1.65. The van der Waals surface area contributed by atoms with Crippen LogP contribution in [0.4, 0.5) is 0 Å². The third kappa shape index (κ3) is 3.23. The molecule has 154 valence electrons. The fraction of sp³-hybridized carbons (Fsp3) is 0.500. The molecule has 0 bridgehead atoms. The average molecular weight is 417 g/mol. The molecule has 2 fully saturated rings. The fourth-order valence-corrected chi connectivity index (χ4v) is 5.23. The van der Waals surface area contributed by atoms with E-state index in [0.717, 1.165) is 12.0 Å². The van der Waals surface area contributed by atoms with Crippen molar-refractivity contribution in [3.8, 4) is 0 Å². The summed E-state index contributed by atoms with van der Waals surface area (Å²) in [7, 11) is 0. The average Bonchev–Trinajstić information content (AvgIpc) is 3.31. The summed E-state index contributed by atoms with van der Waals surface area (Å²) in [6.45, 7) is 2.35. The Kier molecular flexibility index (Phi) is 5.15. The summed E-state index contributed by atoms with van der Waals surface area (Å²) in [6.07, 6.45) is 6.62. The normalized spacial score (nSPS) is 29.4. The number of rotatable bonds is 4. The number of nitrogens with zero attached hydrogens (tertiary/aromatic N) is 2. The lowest BCUT2D eigenvalue weighted by Gasteiger charge is -2.44. The molecule has 1 aromatic carbocycles. The van der Waals surface area contributed by atoms with Crippen molar-refractivity contribution in [2.45, 2.75) is 56.7 Å². The molecule has 0 aliphatic carbocycles. The summed E-state index contributed by atoms with van der Waals surface area (Å²) >= 11 is 6.25. The van der Waals surface area contributed by atoms with Gasteiger partial charge in [0, 0.05) is 17.5 Å². The Morgan fingerprint density at radius 2 is 2.07 bits per heavy atom. The molecule has 2 saturated heterocycles. The van der Waals surface area contributed by atoms with E-state index in [-0.39, 0.29) is 23.8 Å². The third-order valence-electron chi connectivity index (χ3n) is 6.51. The fourth-order valence-electron chi connectivity index (χ4n) is 5.02. The van der Waals surface area contributed by atoms with Crippen molar-refractivity contribution in [1.29, 1.82) is 0 Å². The molecule has 1 spiro atoms. The van der Waals surface area contributed by atoms with Gasteiger partial charge in [0.25, 0.3) is 5.91 Å². The lowest BCUT2D eigenvalue weighted by molar-refractivity contribution is -0.157. The number of carbonyl (C=O) groups is 3. The molecule has 2 amide bonds. The molecule has 29 heavy (non-hydrogen) atoms. The van der Waals surface area contributed by atoms with Crippen LogP contribution in [-0.4, -0.2) is 56.9 Å². The third-order valence-corrected chi connectivity index (χ3v) is 6.87. The van der Waals surface area contributed by atoms with E-state index in [4.69, 9.17) is 11.6 Å². The second-order valence-corrected chi connectivity index (χ2v) is 8.69. The molecule has 0 radical (unpaired) electrons. The van der Waals surface area contributed by atoms with Crippen LogP contribution in [0.5, 0.6) is 0 Å². The van der Waals surface area contributed by atoms with Crippen molar-refractivity contribution >= 4 is 29.4 Å². The Bertz CT molecular complexity index is 885. The first kappa shape index (κ1) is 20.0. The largest absolute Gasteiger partial charge is 0.480 e. The van der Waals surface area contributed by atoms with E-state index in [1.807, 2.05) is 37.3 Å². The highest BCUT2D eigenvalue weighted by Crippen LogP contribution is 2.41. The molecule has 6 nitrogen and oxygen atoms in total. The van der Waals surface area contributed by atoms with E-state index in [1.54, 1.807) is 11.0 Å². The van der Waals surface area contributed by atoms with Crippen LogP contribution in [0.2, 0.25) is 5.02 Å². The number of carboxylic acid groups (broad SMARTS) is 1. The van der Waals surface area contributed by atoms with Gasteiger partial charge in [0.15, 0.2) is 0 Å². The Labute approximate surface area is 175 Å².